The number of para-hydroxylation sites is 1. The predicted octanol–water partition coefficient (Wildman–Crippen LogP) is 4.31. The summed E-state index contributed by atoms with van der Waals surface area (Å²) in [4.78, 5) is 17.0. The number of nitrogens with zero attached hydrogens (tertiary/aromatic N) is 2. The lowest BCUT2D eigenvalue weighted by atomic mass is 10.0. The van der Waals surface area contributed by atoms with Crippen LogP contribution in [0.15, 0.2) is 78.9 Å². The van der Waals surface area contributed by atoms with Gasteiger partial charge in [-0.2, -0.15) is 0 Å². The maximum atomic E-state index is 12.7. The third kappa shape index (κ3) is 5.01. The Hall–Kier alpha value is -3.27. The Morgan fingerprint density at radius 3 is 2.37 bits per heavy atom. The number of anilines is 1. The van der Waals surface area contributed by atoms with Crippen LogP contribution in [-0.2, 0) is 11.2 Å². The molecule has 4 rings (SSSR count). The molecule has 154 valence electrons. The minimum Gasteiger partial charge on any atom is -0.483 e. The standard InChI is InChI=1S/C26H28N2O2/c1-21-8-7-12-24(18-21)27-14-16-28(17-15-27)26(29)20-30-25-13-6-5-11-23(25)19-22-9-3-2-4-10-22/h2-13,18H,14-17,19-20H2,1H3. The van der Waals surface area contributed by atoms with Gasteiger partial charge in [0.1, 0.15) is 5.75 Å². The largest absolute Gasteiger partial charge is 0.483 e. The molecule has 0 aliphatic carbocycles. The number of rotatable bonds is 6. The van der Waals surface area contributed by atoms with E-state index in [0.29, 0.717) is 0 Å². The van der Waals surface area contributed by atoms with Crippen molar-refractivity contribution in [3.8, 4) is 5.75 Å². The van der Waals surface area contributed by atoms with E-state index in [0.717, 1.165) is 43.9 Å². The molecule has 0 bridgehead atoms. The number of carbonyl (C=O) groups is 1. The second kappa shape index (κ2) is 9.49. The van der Waals surface area contributed by atoms with E-state index >= 15 is 0 Å². The Bertz CT molecular complexity index is 979. The summed E-state index contributed by atoms with van der Waals surface area (Å²) in [6.07, 6.45) is 0.792. The number of piperazine rings is 1. The van der Waals surface area contributed by atoms with Crippen LogP contribution in [-0.4, -0.2) is 43.6 Å². The van der Waals surface area contributed by atoms with Crippen LogP contribution in [0.4, 0.5) is 5.69 Å². The van der Waals surface area contributed by atoms with Crippen molar-refractivity contribution >= 4 is 11.6 Å². The summed E-state index contributed by atoms with van der Waals surface area (Å²) >= 11 is 0. The van der Waals surface area contributed by atoms with Crippen LogP contribution < -0.4 is 9.64 Å². The molecule has 0 aromatic heterocycles. The highest BCUT2D eigenvalue weighted by molar-refractivity contribution is 5.78. The van der Waals surface area contributed by atoms with Gasteiger partial charge < -0.3 is 14.5 Å². The fourth-order valence-corrected chi connectivity index (χ4v) is 3.88. The fourth-order valence-electron chi connectivity index (χ4n) is 3.88. The van der Waals surface area contributed by atoms with Crippen LogP contribution in [0.1, 0.15) is 16.7 Å². The molecule has 3 aromatic carbocycles. The van der Waals surface area contributed by atoms with Gasteiger partial charge >= 0.3 is 0 Å². The summed E-state index contributed by atoms with van der Waals surface area (Å²) in [7, 11) is 0. The quantitative estimate of drug-likeness (QED) is 0.618. The number of benzene rings is 3. The number of hydrogen-bond donors (Lipinski definition) is 0. The van der Waals surface area contributed by atoms with Crippen LogP contribution in [0.2, 0.25) is 0 Å². The zero-order valence-corrected chi connectivity index (χ0v) is 17.5. The summed E-state index contributed by atoms with van der Waals surface area (Å²) in [5, 5.41) is 0. The molecule has 3 aromatic rings. The summed E-state index contributed by atoms with van der Waals surface area (Å²) < 4.78 is 5.95. The van der Waals surface area contributed by atoms with Gasteiger partial charge in [0.05, 0.1) is 0 Å². The van der Waals surface area contributed by atoms with Gasteiger partial charge in [0, 0.05) is 38.3 Å². The molecule has 1 amide bonds. The number of amides is 1. The third-order valence-electron chi connectivity index (χ3n) is 5.56. The van der Waals surface area contributed by atoms with Gasteiger partial charge in [0.25, 0.3) is 5.91 Å². The van der Waals surface area contributed by atoms with E-state index in [1.165, 1.54) is 16.8 Å². The number of carbonyl (C=O) groups excluding carboxylic acids is 1. The molecule has 4 nitrogen and oxygen atoms in total. The molecule has 0 unspecified atom stereocenters. The molecular weight excluding hydrogens is 372 g/mol. The topological polar surface area (TPSA) is 32.8 Å². The summed E-state index contributed by atoms with van der Waals surface area (Å²) in [5.74, 6) is 0.835. The molecule has 0 radical (unpaired) electrons. The van der Waals surface area contributed by atoms with Gasteiger partial charge in [-0.3, -0.25) is 4.79 Å². The predicted molar refractivity (Wildman–Crippen MR) is 121 cm³/mol. The van der Waals surface area contributed by atoms with E-state index in [1.807, 2.05) is 41.3 Å². The summed E-state index contributed by atoms with van der Waals surface area (Å²) in [5.41, 5.74) is 4.81. The van der Waals surface area contributed by atoms with E-state index < -0.39 is 0 Å². The summed E-state index contributed by atoms with van der Waals surface area (Å²) in [6, 6.07) is 26.8. The van der Waals surface area contributed by atoms with E-state index in [-0.39, 0.29) is 12.5 Å². The van der Waals surface area contributed by atoms with Crippen molar-refractivity contribution in [2.75, 3.05) is 37.7 Å². The minimum atomic E-state index is 0.0495. The Balaban J connectivity index is 1.31. The molecule has 0 spiro atoms. The monoisotopic (exact) mass is 400 g/mol. The normalized spacial score (nSPS) is 13.9. The minimum absolute atomic E-state index is 0.0495. The SMILES string of the molecule is Cc1cccc(N2CCN(C(=O)COc3ccccc3Cc3ccccc3)CC2)c1. The van der Waals surface area contributed by atoms with Crippen LogP contribution in [0, 0.1) is 6.92 Å². The highest BCUT2D eigenvalue weighted by atomic mass is 16.5. The maximum absolute atomic E-state index is 12.7. The molecule has 30 heavy (non-hydrogen) atoms. The molecule has 1 aliphatic rings. The van der Waals surface area contributed by atoms with Crippen LogP contribution in [0.3, 0.4) is 0 Å². The molecule has 1 fully saturated rings. The first-order chi connectivity index (χ1) is 14.7. The zero-order valence-electron chi connectivity index (χ0n) is 17.5. The highest BCUT2D eigenvalue weighted by Gasteiger charge is 2.22. The van der Waals surface area contributed by atoms with Crippen molar-refractivity contribution < 1.29 is 9.53 Å². The van der Waals surface area contributed by atoms with Gasteiger partial charge in [-0.1, -0.05) is 60.7 Å². The lowest BCUT2D eigenvalue weighted by Gasteiger charge is -2.36. The highest BCUT2D eigenvalue weighted by Crippen LogP contribution is 2.22. The van der Waals surface area contributed by atoms with Gasteiger partial charge in [0.2, 0.25) is 0 Å². The molecule has 1 aliphatic heterocycles. The third-order valence-corrected chi connectivity index (χ3v) is 5.56. The van der Waals surface area contributed by atoms with E-state index in [9.17, 15) is 4.79 Å². The molecule has 0 saturated carbocycles. The Labute approximate surface area is 178 Å². The molecule has 1 saturated heterocycles. The van der Waals surface area contributed by atoms with Gasteiger partial charge in [-0.05, 0) is 41.8 Å². The average Bonchev–Trinajstić information content (AvgIpc) is 2.79. The fraction of sp³-hybridized carbons (Fsp3) is 0.269. The van der Waals surface area contributed by atoms with Gasteiger partial charge in [-0.15, -0.1) is 0 Å². The number of aryl methyl sites for hydroxylation is 1. The summed E-state index contributed by atoms with van der Waals surface area (Å²) in [6.45, 7) is 5.33. The molecule has 0 N–H and O–H groups in total. The maximum Gasteiger partial charge on any atom is 0.260 e. The number of hydrogen-bond acceptors (Lipinski definition) is 3. The molecule has 4 heteroatoms. The van der Waals surface area contributed by atoms with Crippen molar-refractivity contribution in [2.45, 2.75) is 13.3 Å². The average molecular weight is 401 g/mol. The lowest BCUT2D eigenvalue weighted by molar-refractivity contribution is -0.133. The van der Waals surface area contributed by atoms with Crippen molar-refractivity contribution in [1.29, 1.82) is 0 Å². The van der Waals surface area contributed by atoms with Crippen molar-refractivity contribution in [3.63, 3.8) is 0 Å². The van der Waals surface area contributed by atoms with E-state index in [2.05, 4.69) is 54.3 Å². The zero-order chi connectivity index (χ0) is 20.8. The molecular formula is C26H28N2O2. The van der Waals surface area contributed by atoms with Crippen molar-refractivity contribution in [2.24, 2.45) is 0 Å². The smallest absolute Gasteiger partial charge is 0.260 e. The van der Waals surface area contributed by atoms with Crippen molar-refractivity contribution in [1.82, 2.24) is 4.90 Å². The van der Waals surface area contributed by atoms with Crippen LogP contribution >= 0.6 is 0 Å². The Morgan fingerprint density at radius 2 is 1.60 bits per heavy atom. The van der Waals surface area contributed by atoms with Gasteiger partial charge in [-0.25, -0.2) is 0 Å². The Morgan fingerprint density at radius 1 is 0.867 bits per heavy atom. The first kappa shape index (κ1) is 20.0. The second-order valence-electron chi connectivity index (χ2n) is 7.77. The Kier molecular flexibility index (Phi) is 6.33. The van der Waals surface area contributed by atoms with Gasteiger partial charge in [0.15, 0.2) is 6.61 Å². The first-order valence-corrected chi connectivity index (χ1v) is 10.5. The molecule has 0 atom stereocenters. The number of ether oxygens (including phenoxy) is 1. The molecule has 1 heterocycles. The van der Waals surface area contributed by atoms with Crippen molar-refractivity contribution in [3.05, 3.63) is 95.6 Å². The lowest BCUT2D eigenvalue weighted by Crippen LogP contribution is -2.50. The first-order valence-electron chi connectivity index (χ1n) is 10.5. The second-order valence-corrected chi connectivity index (χ2v) is 7.77. The van der Waals surface area contributed by atoms with Crippen LogP contribution in [0.25, 0.3) is 0 Å². The van der Waals surface area contributed by atoms with Crippen LogP contribution in [0.5, 0.6) is 5.75 Å². The van der Waals surface area contributed by atoms with E-state index in [4.69, 9.17) is 4.74 Å². The van der Waals surface area contributed by atoms with E-state index in [1.54, 1.807) is 0 Å².